The monoisotopic (exact) mass is 332 g/mol. The predicted molar refractivity (Wildman–Crippen MR) is 90.8 cm³/mol. The summed E-state index contributed by atoms with van der Waals surface area (Å²) in [6.45, 7) is 4.66. The van der Waals surface area contributed by atoms with E-state index in [-0.39, 0.29) is 17.7 Å². The van der Waals surface area contributed by atoms with Crippen molar-refractivity contribution in [1.29, 1.82) is 0 Å². The van der Waals surface area contributed by atoms with Crippen molar-refractivity contribution in [2.45, 2.75) is 39.2 Å². The van der Waals surface area contributed by atoms with Crippen molar-refractivity contribution in [3.05, 3.63) is 29.8 Å². The molecule has 0 aromatic heterocycles. The molecule has 1 N–H and O–H groups in total. The highest BCUT2D eigenvalue weighted by Crippen LogP contribution is 2.21. The number of carbonyl (C=O) groups is 3. The third-order valence-corrected chi connectivity index (χ3v) is 4.01. The van der Waals surface area contributed by atoms with E-state index in [1.165, 1.54) is 7.11 Å². The molecule has 1 atom stereocenters. The van der Waals surface area contributed by atoms with Gasteiger partial charge in [0, 0.05) is 24.2 Å². The molecule has 1 fully saturated rings. The van der Waals surface area contributed by atoms with E-state index in [1.54, 1.807) is 29.2 Å². The summed E-state index contributed by atoms with van der Waals surface area (Å²) < 4.78 is 4.75. The summed E-state index contributed by atoms with van der Waals surface area (Å²) in [5, 5.41) is 2.72. The van der Waals surface area contributed by atoms with Crippen LogP contribution in [-0.4, -0.2) is 37.5 Å². The van der Waals surface area contributed by atoms with E-state index in [2.05, 4.69) is 5.32 Å². The fraction of sp³-hybridized carbons (Fsp3) is 0.500. The Morgan fingerprint density at radius 2 is 1.92 bits per heavy atom. The summed E-state index contributed by atoms with van der Waals surface area (Å²) in [7, 11) is 1.31. The fourth-order valence-corrected chi connectivity index (χ4v) is 2.78. The first-order chi connectivity index (χ1) is 11.4. The van der Waals surface area contributed by atoms with Crippen LogP contribution < -0.4 is 10.2 Å². The second-order valence-electron chi connectivity index (χ2n) is 6.37. The van der Waals surface area contributed by atoms with Gasteiger partial charge in [0.1, 0.15) is 6.04 Å². The van der Waals surface area contributed by atoms with Crippen LogP contribution >= 0.6 is 0 Å². The largest absolute Gasteiger partial charge is 0.467 e. The van der Waals surface area contributed by atoms with E-state index in [1.807, 2.05) is 13.8 Å². The van der Waals surface area contributed by atoms with Crippen molar-refractivity contribution < 1.29 is 19.1 Å². The Hall–Kier alpha value is -2.37. The number of nitrogens with one attached hydrogen (secondary N) is 1. The quantitative estimate of drug-likeness (QED) is 0.810. The number of nitrogens with zero attached hydrogens (tertiary/aromatic N) is 1. The smallest absolute Gasteiger partial charge is 0.328 e. The molecular weight excluding hydrogens is 308 g/mol. The van der Waals surface area contributed by atoms with Gasteiger partial charge in [-0.25, -0.2) is 4.79 Å². The molecule has 0 radical (unpaired) electrons. The second-order valence-corrected chi connectivity index (χ2v) is 6.37. The van der Waals surface area contributed by atoms with Gasteiger partial charge in [0.15, 0.2) is 0 Å². The fourth-order valence-electron chi connectivity index (χ4n) is 2.78. The summed E-state index contributed by atoms with van der Waals surface area (Å²) in [6, 6.07) is 6.18. The first-order valence-corrected chi connectivity index (χ1v) is 8.21. The van der Waals surface area contributed by atoms with Gasteiger partial charge in [-0.05, 0) is 43.0 Å². The molecule has 6 heteroatoms. The maximum Gasteiger partial charge on any atom is 0.328 e. The average Bonchev–Trinajstić information content (AvgIpc) is 2.99. The first-order valence-electron chi connectivity index (χ1n) is 8.21. The highest BCUT2D eigenvalue weighted by Gasteiger charge is 2.24. The van der Waals surface area contributed by atoms with E-state index >= 15 is 0 Å². The lowest BCUT2D eigenvalue weighted by Gasteiger charge is -2.19. The second kappa shape index (κ2) is 7.95. The molecule has 1 aliphatic rings. The van der Waals surface area contributed by atoms with Crippen LogP contribution in [0.5, 0.6) is 0 Å². The number of hydrogen-bond donors (Lipinski definition) is 1. The predicted octanol–water partition coefficient (Wildman–Crippen LogP) is 2.13. The number of carbonyl (C=O) groups excluding carboxylic acids is 3. The minimum absolute atomic E-state index is 0.106. The van der Waals surface area contributed by atoms with Gasteiger partial charge in [-0.15, -0.1) is 0 Å². The van der Waals surface area contributed by atoms with Crippen LogP contribution in [0.1, 0.15) is 43.5 Å². The van der Waals surface area contributed by atoms with E-state index in [9.17, 15) is 14.4 Å². The molecule has 1 aromatic carbocycles. The minimum atomic E-state index is -0.665. The minimum Gasteiger partial charge on any atom is -0.467 e. The summed E-state index contributed by atoms with van der Waals surface area (Å²) in [6.07, 6.45) is 1.94. The molecule has 0 bridgehead atoms. The summed E-state index contributed by atoms with van der Waals surface area (Å²) >= 11 is 0. The van der Waals surface area contributed by atoms with Crippen LogP contribution in [-0.2, 0) is 14.3 Å². The molecule has 6 nitrogen and oxygen atoms in total. The van der Waals surface area contributed by atoms with Crippen molar-refractivity contribution in [1.82, 2.24) is 5.32 Å². The van der Waals surface area contributed by atoms with Crippen LogP contribution in [0.25, 0.3) is 0 Å². The Morgan fingerprint density at radius 1 is 1.25 bits per heavy atom. The number of benzene rings is 1. The topological polar surface area (TPSA) is 75.7 Å². The van der Waals surface area contributed by atoms with Crippen molar-refractivity contribution in [2.24, 2.45) is 5.92 Å². The molecule has 1 aliphatic heterocycles. The molecule has 1 heterocycles. The third-order valence-electron chi connectivity index (χ3n) is 4.01. The number of anilines is 1. The molecule has 0 aliphatic carbocycles. The van der Waals surface area contributed by atoms with Gasteiger partial charge in [0.05, 0.1) is 7.11 Å². The molecule has 1 aromatic rings. The van der Waals surface area contributed by atoms with Crippen molar-refractivity contribution in [2.75, 3.05) is 18.6 Å². The van der Waals surface area contributed by atoms with Crippen LogP contribution in [0.3, 0.4) is 0 Å². The van der Waals surface area contributed by atoms with Gasteiger partial charge >= 0.3 is 5.97 Å². The van der Waals surface area contributed by atoms with Gasteiger partial charge in [0.25, 0.3) is 5.91 Å². The number of esters is 1. The van der Waals surface area contributed by atoms with Gasteiger partial charge in [-0.3, -0.25) is 9.59 Å². The molecule has 130 valence electrons. The van der Waals surface area contributed by atoms with Crippen LogP contribution in [0.15, 0.2) is 24.3 Å². The molecular formula is C18H24N2O4. The van der Waals surface area contributed by atoms with Gasteiger partial charge in [0.2, 0.25) is 5.91 Å². The lowest BCUT2D eigenvalue weighted by Crippen LogP contribution is -2.42. The molecule has 0 saturated carbocycles. The average molecular weight is 332 g/mol. The highest BCUT2D eigenvalue weighted by molar-refractivity contribution is 5.98. The molecule has 2 rings (SSSR count). The molecule has 2 amide bonds. The molecule has 1 unspecified atom stereocenters. The Balaban J connectivity index is 2.05. The molecule has 1 saturated heterocycles. The lowest BCUT2D eigenvalue weighted by atomic mass is 10.0. The highest BCUT2D eigenvalue weighted by atomic mass is 16.5. The zero-order valence-electron chi connectivity index (χ0n) is 14.4. The van der Waals surface area contributed by atoms with E-state index in [0.717, 1.165) is 12.1 Å². The van der Waals surface area contributed by atoms with E-state index < -0.39 is 12.0 Å². The van der Waals surface area contributed by atoms with Gasteiger partial charge in [-0.1, -0.05) is 13.8 Å². The third kappa shape index (κ3) is 4.34. The number of methoxy groups -OCH3 is 1. The molecule has 0 spiro atoms. The lowest BCUT2D eigenvalue weighted by molar-refractivity contribution is -0.143. The van der Waals surface area contributed by atoms with Crippen LogP contribution in [0, 0.1) is 5.92 Å². The first kappa shape index (κ1) is 18.0. The van der Waals surface area contributed by atoms with Gasteiger partial charge in [-0.2, -0.15) is 0 Å². The Kier molecular flexibility index (Phi) is 5.95. The maximum absolute atomic E-state index is 12.4. The van der Waals surface area contributed by atoms with Crippen LogP contribution in [0.2, 0.25) is 0 Å². The van der Waals surface area contributed by atoms with Crippen LogP contribution in [0.4, 0.5) is 5.69 Å². The summed E-state index contributed by atoms with van der Waals surface area (Å²) in [5.41, 5.74) is 1.24. The molecule has 24 heavy (non-hydrogen) atoms. The van der Waals surface area contributed by atoms with Crippen molar-refractivity contribution in [3.8, 4) is 0 Å². The Morgan fingerprint density at radius 3 is 2.42 bits per heavy atom. The number of amides is 2. The number of hydrogen-bond acceptors (Lipinski definition) is 4. The maximum atomic E-state index is 12.4. The Labute approximate surface area is 142 Å². The summed E-state index contributed by atoms with van der Waals surface area (Å²) in [5.74, 6) is -0.422. The van der Waals surface area contributed by atoms with E-state index in [0.29, 0.717) is 24.9 Å². The van der Waals surface area contributed by atoms with Crippen molar-refractivity contribution >= 4 is 23.5 Å². The zero-order chi connectivity index (χ0) is 17.7. The van der Waals surface area contributed by atoms with E-state index in [4.69, 9.17) is 4.74 Å². The normalized spacial score (nSPS) is 15.5. The SMILES string of the molecule is COC(=O)C(CC(C)C)NC(=O)c1ccc(N2CCCC2=O)cc1. The standard InChI is InChI=1S/C18H24N2O4/c1-12(2)11-15(18(23)24-3)19-17(22)13-6-8-14(9-7-13)20-10-4-5-16(20)21/h6-9,12,15H,4-5,10-11H2,1-3H3,(H,19,22). The van der Waals surface area contributed by atoms with Gasteiger partial charge < -0.3 is 15.0 Å². The Bertz CT molecular complexity index is 610. The zero-order valence-corrected chi connectivity index (χ0v) is 14.4. The van der Waals surface area contributed by atoms with Crippen molar-refractivity contribution in [3.63, 3.8) is 0 Å². The number of rotatable bonds is 6. The number of ether oxygens (including phenoxy) is 1. The summed E-state index contributed by atoms with van der Waals surface area (Å²) in [4.78, 5) is 37.6.